The van der Waals surface area contributed by atoms with E-state index in [4.69, 9.17) is 9.47 Å². The largest absolute Gasteiger partial charge is 0.462 e. The molecule has 2 aromatic heterocycles. The van der Waals surface area contributed by atoms with Gasteiger partial charge in [0.2, 0.25) is 0 Å². The summed E-state index contributed by atoms with van der Waals surface area (Å²) >= 11 is 0. The van der Waals surface area contributed by atoms with Crippen LogP contribution in [0.25, 0.3) is 0 Å². The van der Waals surface area contributed by atoms with Crippen molar-refractivity contribution in [1.29, 1.82) is 0 Å². The van der Waals surface area contributed by atoms with Crippen LogP contribution in [0.3, 0.4) is 0 Å². The molecule has 0 atom stereocenters. The predicted molar refractivity (Wildman–Crippen MR) is 79.4 cm³/mol. The molecule has 0 aliphatic rings. The van der Waals surface area contributed by atoms with Crippen molar-refractivity contribution in [1.82, 2.24) is 19.7 Å². The molecule has 2 rings (SSSR count). The lowest BCUT2D eigenvalue weighted by Crippen LogP contribution is -2.15. The van der Waals surface area contributed by atoms with Crippen molar-refractivity contribution in [3.63, 3.8) is 0 Å². The van der Waals surface area contributed by atoms with E-state index in [1.165, 1.54) is 0 Å². The number of nitrogens with zero attached hydrogens (tertiary/aromatic N) is 4. The molecule has 7 nitrogen and oxygen atoms in total. The number of hydrogen-bond donors (Lipinski definition) is 0. The molecule has 0 unspecified atom stereocenters. The predicted octanol–water partition coefficient (Wildman–Crippen LogP) is 2.43. The van der Waals surface area contributed by atoms with Crippen LogP contribution in [0, 0.1) is 6.92 Å². The van der Waals surface area contributed by atoms with Crippen LogP contribution in [0.2, 0.25) is 0 Å². The molecule has 2 aromatic rings. The number of ether oxygens (including phenoxy) is 2. The summed E-state index contributed by atoms with van der Waals surface area (Å²) in [6.45, 7) is 3.11. The Morgan fingerprint density at radius 2 is 1.96 bits per heavy atom. The first-order valence-electron chi connectivity index (χ1n) is 7.40. The van der Waals surface area contributed by atoms with Crippen molar-refractivity contribution in [3.05, 3.63) is 40.7 Å². The lowest BCUT2D eigenvalue weighted by atomic mass is 10.1. The molecule has 0 radical (unpaired) electrons. The molecular formula is C15H17F3N4O3. The third kappa shape index (κ3) is 4.75. The smallest absolute Gasteiger partial charge is 0.433 e. The molecule has 0 aliphatic heterocycles. The highest BCUT2D eigenvalue weighted by atomic mass is 19.4. The average Bonchev–Trinajstić information content (AvgIpc) is 2.85. The van der Waals surface area contributed by atoms with Crippen LogP contribution in [0.4, 0.5) is 13.2 Å². The van der Waals surface area contributed by atoms with Crippen LogP contribution in [0.5, 0.6) is 0 Å². The average molecular weight is 358 g/mol. The van der Waals surface area contributed by atoms with Gasteiger partial charge >= 0.3 is 12.1 Å². The van der Waals surface area contributed by atoms with Gasteiger partial charge in [-0.3, -0.25) is 4.68 Å². The second kappa shape index (κ2) is 7.60. The van der Waals surface area contributed by atoms with Gasteiger partial charge in [-0.2, -0.15) is 18.3 Å². The summed E-state index contributed by atoms with van der Waals surface area (Å²) in [6.07, 6.45) is -4.62. The summed E-state index contributed by atoms with van der Waals surface area (Å²) in [6, 6.07) is 1.77. The number of esters is 1. The summed E-state index contributed by atoms with van der Waals surface area (Å²) in [7, 11) is 1.71. The van der Waals surface area contributed by atoms with E-state index in [1.54, 1.807) is 25.6 Å². The SMILES string of the molecule is CCOC(=O)c1ccc(C(F)(F)F)nc1COCc1nc(C)n(C)n1. The van der Waals surface area contributed by atoms with Crippen molar-refractivity contribution < 1.29 is 27.4 Å². The van der Waals surface area contributed by atoms with Gasteiger partial charge < -0.3 is 9.47 Å². The van der Waals surface area contributed by atoms with E-state index >= 15 is 0 Å². The molecule has 0 saturated carbocycles. The Morgan fingerprint density at radius 3 is 2.52 bits per heavy atom. The van der Waals surface area contributed by atoms with E-state index in [0.717, 1.165) is 12.1 Å². The molecule has 0 bridgehead atoms. The minimum Gasteiger partial charge on any atom is -0.462 e. The maximum absolute atomic E-state index is 12.8. The van der Waals surface area contributed by atoms with Crippen molar-refractivity contribution in [2.24, 2.45) is 7.05 Å². The summed E-state index contributed by atoms with van der Waals surface area (Å²) in [5, 5.41) is 4.07. The van der Waals surface area contributed by atoms with E-state index in [2.05, 4.69) is 15.1 Å². The van der Waals surface area contributed by atoms with E-state index < -0.39 is 17.8 Å². The lowest BCUT2D eigenvalue weighted by molar-refractivity contribution is -0.141. The number of pyridine rings is 1. The zero-order valence-electron chi connectivity index (χ0n) is 13.9. The number of carbonyl (C=O) groups excluding carboxylic acids is 1. The molecule has 0 fully saturated rings. The fraction of sp³-hybridized carbons (Fsp3) is 0.467. The second-order valence-electron chi connectivity index (χ2n) is 5.10. The van der Waals surface area contributed by atoms with Crippen LogP contribution < -0.4 is 0 Å². The van der Waals surface area contributed by atoms with Gasteiger partial charge in [0.05, 0.1) is 24.5 Å². The van der Waals surface area contributed by atoms with E-state index in [-0.39, 0.29) is 31.1 Å². The highest BCUT2D eigenvalue weighted by molar-refractivity contribution is 5.90. The first-order valence-corrected chi connectivity index (χ1v) is 7.40. The highest BCUT2D eigenvalue weighted by Crippen LogP contribution is 2.28. The van der Waals surface area contributed by atoms with Gasteiger partial charge in [0, 0.05) is 7.05 Å². The summed E-state index contributed by atoms with van der Waals surface area (Å²) in [4.78, 5) is 19.5. The minimum absolute atomic E-state index is 0.0259. The lowest BCUT2D eigenvalue weighted by Gasteiger charge is -2.12. The number of rotatable bonds is 6. The van der Waals surface area contributed by atoms with Gasteiger partial charge in [-0.05, 0) is 26.0 Å². The summed E-state index contributed by atoms with van der Waals surface area (Å²) < 4.78 is 50.2. The molecular weight excluding hydrogens is 341 g/mol. The van der Waals surface area contributed by atoms with E-state index in [1.807, 2.05) is 0 Å². The number of carbonyl (C=O) groups is 1. The van der Waals surface area contributed by atoms with Gasteiger partial charge in [0.1, 0.15) is 18.1 Å². The molecule has 0 aliphatic carbocycles. The Morgan fingerprint density at radius 1 is 1.24 bits per heavy atom. The van der Waals surface area contributed by atoms with Crippen LogP contribution in [-0.4, -0.2) is 32.3 Å². The molecule has 0 N–H and O–H groups in total. The Hall–Kier alpha value is -2.49. The van der Waals surface area contributed by atoms with Crippen LogP contribution in [0.15, 0.2) is 12.1 Å². The molecule has 0 spiro atoms. The van der Waals surface area contributed by atoms with E-state index in [9.17, 15) is 18.0 Å². The number of aromatic nitrogens is 4. The van der Waals surface area contributed by atoms with Gasteiger partial charge in [0.25, 0.3) is 0 Å². The minimum atomic E-state index is -4.62. The molecule has 136 valence electrons. The molecule has 0 saturated heterocycles. The monoisotopic (exact) mass is 358 g/mol. The first-order chi connectivity index (χ1) is 11.7. The number of hydrogen-bond acceptors (Lipinski definition) is 6. The van der Waals surface area contributed by atoms with Crippen molar-refractivity contribution in [3.8, 4) is 0 Å². The molecule has 0 aromatic carbocycles. The number of aryl methyl sites for hydroxylation is 2. The van der Waals surface area contributed by atoms with Crippen LogP contribution >= 0.6 is 0 Å². The van der Waals surface area contributed by atoms with E-state index in [0.29, 0.717) is 11.6 Å². The third-order valence-electron chi connectivity index (χ3n) is 3.25. The zero-order chi connectivity index (χ0) is 18.6. The number of halogens is 3. The van der Waals surface area contributed by atoms with Crippen molar-refractivity contribution >= 4 is 5.97 Å². The Balaban J connectivity index is 2.18. The van der Waals surface area contributed by atoms with Crippen molar-refractivity contribution in [2.75, 3.05) is 6.61 Å². The molecule has 25 heavy (non-hydrogen) atoms. The standard InChI is InChI=1S/C15H17F3N4O3/c1-4-25-14(23)10-5-6-12(15(16,17)18)20-11(10)7-24-8-13-19-9(2)22(3)21-13/h5-6H,4,7-8H2,1-3H3. The maximum Gasteiger partial charge on any atom is 0.433 e. The normalized spacial score (nSPS) is 11.6. The first kappa shape index (κ1) is 18.8. The quantitative estimate of drug-likeness (QED) is 0.738. The molecule has 2 heterocycles. The van der Waals surface area contributed by atoms with Crippen LogP contribution in [-0.2, 0) is 35.9 Å². The van der Waals surface area contributed by atoms with Gasteiger partial charge in [-0.15, -0.1) is 0 Å². The Labute approximate surface area is 141 Å². The van der Waals surface area contributed by atoms with Gasteiger partial charge in [-0.1, -0.05) is 0 Å². The fourth-order valence-electron chi connectivity index (χ4n) is 1.99. The summed E-state index contributed by atoms with van der Waals surface area (Å²) in [5.41, 5.74) is -1.33. The Bertz CT molecular complexity index is 739. The third-order valence-corrected chi connectivity index (χ3v) is 3.25. The number of alkyl halides is 3. The van der Waals surface area contributed by atoms with Gasteiger partial charge in [0.15, 0.2) is 5.82 Å². The van der Waals surface area contributed by atoms with Crippen molar-refractivity contribution in [2.45, 2.75) is 33.2 Å². The maximum atomic E-state index is 12.8. The van der Waals surface area contributed by atoms with Crippen LogP contribution in [0.1, 0.15) is 40.3 Å². The summed E-state index contributed by atoms with van der Waals surface area (Å²) in [5.74, 6) is 0.293. The highest BCUT2D eigenvalue weighted by Gasteiger charge is 2.33. The Kier molecular flexibility index (Phi) is 5.73. The topological polar surface area (TPSA) is 79.1 Å². The fourth-order valence-corrected chi connectivity index (χ4v) is 1.99. The van der Waals surface area contributed by atoms with Gasteiger partial charge in [-0.25, -0.2) is 14.8 Å². The molecule has 0 amide bonds. The zero-order valence-corrected chi connectivity index (χ0v) is 13.9. The molecule has 10 heteroatoms. The second-order valence-corrected chi connectivity index (χ2v) is 5.10.